The summed E-state index contributed by atoms with van der Waals surface area (Å²) in [7, 11) is 0. The Morgan fingerprint density at radius 2 is 2.15 bits per heavy atom. The van der Waals surface area contributed by atoms with Crippen LogP contribution in [0.15, 0.2) is 44.6 Å². The van der Waals surface area contributed by atoms with Gasteiger partial charge in [0.05, 0.1) is 15.3 Å². The molecule has 2 heterocycles. The van der Waals surface area contributed by atoms with Crippen LogP contribution in [-0.2, 0) is 0 Å². The summed E-state index contributed by atoms with van der Waals surface area (Å²) in [6.45, 7) is 2.79. The molecule has 1 N–H and O–H groups in total. The van der Waals surface area contributed by atoms with Crippen molar-refractivity contribution in [3.63, 3.8) is 0 Å². The Labute approximate surface area is 163 Å². The maximum atomic E-state index is 12.4. The lowest BCUT2D eigenvalue weighted by atomic mass is 10.2. The van der Waals surface area contributed by atoms with Crippen molar-refractivity contribution in [1.82, 2.24) is 10.2 Å². The zero-order valence-corrected chi connectivity index (χ0v) is 16.6. The molecule has 3 aromatic rings. The monoisotopic (exact) mass is 435 g/mol. The van der Waals surface area contributed by atoms with Crippen molar-refractivity contribution in [3.05, 3.63) is 45.7 Å². The van der Waals surface area contributed by atoms with Crippen molar-refractivity contribution in [2.24, 2.45) is 0 Å². The van der Waals surface area contributed by atoms with E-state index < -0.39 is 0 Å². The molecule has 0 aliphatic rings. The molecule has 0 aliphatic carbocycles. The minimum atomic E-state index is -0.327. The third-order valence-corrected chi connectivity index (χ3v) is 5.15. The van der Waals surface area contributed by atoms with Crippen LogP contribution < -0.4 is 10.1 Å². The summed E-state index contributed by atoms with van der Waals surface area (Å²) in [5.41, 5.74) is 0.469. The Hall–Kier alpha value is -2.19. The number of rotatable bonds is 8. The minimum absolute atomic E-state index is 0.0591. The molecule has 1 amide bonds. The maximum absolute atomic E-state index is 12.4. The molecule has 0 saturated carbocycles. The molecule has 0 unspecified atom stereocenters. The maximum Gasteiger partial charge on any atom is 0.322 e. The van der Waals surface area contributed by atoms with E-state index in [1.807, 2.05) is 18.2 Å². The van der Waals surface area contributed by atoms with Gasteiger partial charge in [0.2, 0.25) is 0 Å². The molecule has 0 aliphatic heterocycles. The Bertz CT molecular complexity index is 878. The lowest BCUT2D eigenvalue weighted by molar-refractivity contribution is 0.102. The van der Waals surface area contributed by atoms with Gasteiger partial charge in [0.1, 0.15) is 5.75 Å². The normalized spacial score (nSPS) is 10.7. The van der Waals surface area contributed by atoms with E-state index in [9.17, 15) is 4.79 Å². The second-order valence-corrected chi connectivity index (χ2v) is 8.02. The third kappa shape index (κ3) is 4.92. The highest BCUT2D eigenvalue weighted by Gasteiger charge is 2.14. The van der Waals surface area contributed by atoms with E-state index in [-0.39, 0.29) is 11.9 Å². The largest absolute Gasteiger partial charge is 0.494 e. The summed E-state index contributed by atoms with van der Waals surface area (Å²) in [6.07, 6.45) is 3.26. The number of benzene rings is 1. The van der Waals surface area contributed by atoms with Gasteiger partial charge in [-0.15, -0.1) is 16.4 Å². The van der Waals surface area contributed by atoms with E-state index in [4.69, 9.17) is 9.15 Å². The van der Waals surface area contributed by atoms with Crippen LogP contribution in [-0.4, -0.2) is 22.7 Å². The number of nitrogens with zero attached hydrogens (tertiary/aromatic N) is 2. The SMILES string of the molecule is CCCCCOc1cccc(C(=O)Nc2nnc(-c3ccc(Br)s3)o2)c1. The third-order valence-electron chi connectivity index (χ3n) is 3.54. The summed E-state index contributed by atoms with van der Waals surface area (Å²) >= 11 is 4.86. The summed E-state index contributed by atoms with van der Waals surface area (Å²) in [5.74, 6) is 0.707. The van der Waals surface area contributed by atoms with Crippen molar-refractivity contribution in [2.45, 2.75) is 26.2 Å². The molecule has 0 spiro atoms. The number of hydrogen-bond acceptors (Lipinski definition) is 6. The van der Waals surface area contributed by atoms with Crippen LogP contribution >= 0.6 is 27.3 Å². The average Bonchev–Trinajstić information content (AvgIpc) is 3.28. The molecule has 136 valence electrons. The van der Waals surface area contributed by atoms with Crippen molar-refractivity contribution in [2.75, 3.05) is 11.9 Å². The number of ether oxygens (including phenoxy) is 1. The topological polar surface area (TPSA) is 77.2 Å². The molecular formula is C18H18BrN3O3S. The molecule has 1 aromatic carbocycles. The number of anilines is 1. The number of carbonyl (C=O) groups is 1. The van der Waals surface area contributed by atoms with Gasteiger partial charge >= 0.3 is 6.01 Å². The number of hydrogen-bond donors (Lipinski definition) is 1. The predicted molar refractivity (Wildman–Crippen MR) is 105 cm³/mol. The van der Waals surface area contributed by atoms with Crippen molar-refractivity contribution < 1.29 is 13.9 Å². The first-order valence-corrected chi connectivity index (χ1v) is 9.90. The average molecular weight is 436 g/mol. The van der Waals surface area contributed by atoms with Crippen molar-refractivity contribution in [1.29, 1.82) is 0 Å². The van der Waals surface area contributed by atoms with Gasteiger partial charge in [0.15, 0.2) is 0 Å². The van der Waals surface area contributed by atoms with Gasteiger partial charge in [-0.3, -0.25) is 10.1 Å². The first-order valence-electron chi connectivity index (χ1n) is 8.29. The van der Waals surface area contributed by atoms with Crippen LogP contribution in [0.2, 0.25) is 0 Å². The second kappa shape index (κ2) is 8.95. The molecule has 0 saturated heterocycles. The second-order valence-electron chi connectivity index (χ2n) is 5.55. The number of carbonyl (C=O) groups excluding carboxylic acids is 1. The smallest absolute Gasteiger partial charge is 0.322 e. The van der Waals surface area contributed by atoms with E-state index in [0.717, 1.165) is 27.9 Å². The summed E-state index contributed by atoms with van der Waals surface area (Å²) in [5, 5.41) is 10.4. The Morgan fingerprint density at radius 3 is 2.92 bits per heavy atom. The van der Waals surface area contributed by atoms with Crippen LogP contribution in [0.1, 0.15) is 36.5 Å². The molecule has 0 fully saturated rings. The molecule has 0 radical (unpaired) electrons. The van der Waals surface area contributed by atoms with E-state index in [0.29, 0.717) is 23.8 Å². The number of amides is 1. The van der Waals surface area contributed by atoms with Crippen molar-refractivity contribution >= 4 is 39.2 Å². The fourth-order valence-corrected chi connectivity index (χ4v) is 3.55. The standard InChI is InChI=1S/C18H18BrN3O3S/c1-2-3-4-10-24-13-7-5-6-12(11-13)16(23)20-18-22-21-17(25-18)14-8-9-15(19)26-14/h5-9,11H,2-4,10H2,1H3,(H,20,22,23). The highest BCUT2D eigenvalue weighted by molar-refractivity contribution is 9.11. The Kier molecular flexibility index (Phi) is 6.40. The molecule has 3 rings (SSSR count). The summed E-state index contributed by atoms with van der Waals surface area (Å²) < 4.78 is 12.1. The number of nitrogens with one attached hydrogen (secondary N) is 1. The highest BCUT2D eigenvalue weighted by atomic mass is 79.9. The molecule has 26 heavy (non-hydrogen) atoms. The van der Waals surface area contributed by atoms with E-state index in [1.165, 1.54) is 11.3 Å². The number of aromatic nitrogens is 2. The van der Waals surface area contributed by atoms with Crippen LogP contribution in [0.5, 0.6) is 5.75 Å². The van der Waals surface area contributed by atoms with Gasteiger partial charge in [0.25, 0.3) is 11.8 Å². The summed E-state index contributed by atoms with van der Waals surface area (Å²) in [4.78, 5) is 13.2. The fraction of sp³-hybridized carbons (Fsp3) is 0.278. The van der Waals surface area contributed by atoms with Crippen LogP contribution in [0, 0.1) is 0 Å². The van der Waals surface area contributed by atoms with Gasteiger partial charge < -0.3 is 9.15 Å². The number of halogens is 1. The minimum Gasteiger partial charge on any atom is -0.494 e. The van der Waals surface area contributed by atoms with E-state index >= 15 is 0 Å². The first-order chi connectivity index (χ1) is 12.7. The zero-order valence-electron chi connectivity index (χ0n) is 14.2. The quantitative estimate of drug-likeness (QED) is 0.480. The lowest BCUT2D eigenvalue weighted by Crippen LogP contribution is -2.12. The van der Waals surface area contributed by atoms with Gasteiger partial charge in [-0.25, -0.2) is 0 Å². The molecule has 0 bridgehead atoms. The number of unbranched alkanes of at least 4 members (excludes halogenated alkanes) is 2. The zero-order chi connectivity index (χ0) is 18.4. The van der Waals surface area contributed by atoms with Crippen LogP contribution in [0.3, 0.4) is 0 Å². The van der Waals surface area contributed by atoms with Gasteiger partial charge in [-0.1, -0.05) is 30.9 Å². The molecule has 8 heteroatoms. The van der Waals surface area contributed by atoms with Crippen LogP contribution in [0.4, 0.5) is 6.01 Å². The molecular weight excluding hydrogens is 418 g/mol. The Morgan fingerprint density at radius 1 is 1.27 bits per heavy atom. The molecule has 6 nitrogen and oxygen atoms in total. The number of thiophene rings is 1. The van der Waals surface area contributed by atoms with Gasteiger partial charge in [0, 0.05) is 5.56 Å². The Balaban J connectivity index is 1.62. The fourth-order valence-electron chi connectivity index (χ4n) is 2.24. The van der Waals surface area contributed by atoms with Gasteiger partial charge in [-0.05, 0) is 52.7 Å². The lowest BCUT2D eigenvalue weighted by Gasteiger charge is -2.07. The van der Waals surface area contributed by atoms with Gasteiger partial charge in [-0.2, -0.15) is 0 Å². The first kappa shape index (κ1) is 18.6. The van der Waals surface area contributed by atoms with Crippen molar-refractivity contribution in [3.8, 4) is 16.5 Å². The summed E-state index contributed by atoms with van der Waals surface area (Å²) in [6, 6.07) is 10.9. The van der Waals surface area contributed by atoms with E-state index in [1.54, 1.807) is 18.2 Å². The predicted octanol–water partition coefficient (Wildman–Crippen LogP) is 5.38. The molecule has 0 atom stereocenters. The van der Waals surface area contributed by atoms with E-state index in [2.05, 4.69) is 38.4 Å². The highest BCUT2D eigenvalue weighted by Crippen LogP contribution is 2.31. The van der Waals surface area contributed by atoms with Crippen LogP contribution in [0.25, 0.3) is 10.8 Å². The molecule has 2 aromatic heterocycles.